The Bertz CT molecular complexity index is 671. The first-order valence-electron chi connectivity index (χ1n) is 8.49. The van der Waals surface area contributed by atoms with Crippen LogP contribution >= 0.6 is 0 Å². The highest BCUT2D eigenvalue weighted by Gasteiger charge is 2.30. The fourth-order valence-corrected chi connectivity index (χ4v) is 3.27. The molecule has 1 saturated heterocycles. The lowest BCUT2D eigenvalue weighted by Gasteiger charge is -2.30. The Morgan fingerprint density at radius 2 is 2.12 bits per heavy atom. The van der Waals surface area contributed by atoms with Gasteiger partial charge >= 0.3 is 0 Å². The Labute approximate surface area is 141 Å². The van der Waals surface area contributed by atoms with Crippen LogP contribution in [-0.4, -0.2) is 38.6 Å². The van der Waals surface area contributed by atoms with Gasteiger partial charge in [0.15, 0.2) is 0 Å². The highest BCUT2D eigenvalue weighted by molar-refractivity contribution is 5.90. The molecule has 0 bridgehead atoms. The number of nitrogens with zero attached hydrogens (tertiary/aromatic N) is 3. The second-order valence-corrected chi connectivity index (χ2v) is 6.30. The van der Waals surface area contributed by atoms with E-state index in [-0.39, 0.29) is 17.8 Å². The number of benzene rings is 1. The molecule has 128 valence electrons. The Balaban J connectivity index is 1.76. The van der Waals surface area contributed by atoms with E-state index in [1.165, 1.54) is 0 Å². The third kappa shape index (κ3) is 3.82. The number of hydrogen-bond acceptors (Lipinski definition) is 5. The van der Waals surface area contributed by atoms with Gasteiger partial charge in [-0.1, -0.05) is 48.3 Å². The van der Waals surface area contributed by atoms with E-state index in [2.05, 4.69) is 10.1 Å². The van der Waals surface area contributed by atoms with Gasteiger partial charge in [-0.2, -0.15) is 4.98 Å². The van der Waals surface area contributed by atoms with E-state index in [1.54, 1.807) is 6.92 Å². The van der Waals surface area contributed by atoms with Gasteiger partial charge in [-0.3, -0.25) is 4.79 Å². The van der Waals surface area contributed by atoms with Crippen molar-refractivity contribution in [3.8, 4) is 0 Å². The summed E-state index contributed by atoms with van der Waals surface area (Å²) in [6, 6.07) is 9.56. The predicted molar refractivity (Wildman–Crippen MR) is 88.3 cm³/mol. The van der Waals surface area contributed by atoms with E-state index in [9.17, 15) is 9.90 Å². The molecule has 2 heterocycles. The molecule has 0 radical (unpaired) electrons. The van der Waals surface area contributed by atoms with Crippen molar-refractivity contribution in [2.75, 3.05) is 6.54 Å². The van der Waals surface area contributed by atoms with E-state index in [1.807, 2.05) is 35.2 Å². The minimum atomic E-state index is -0.586. The number of likely N-dealkylation sites (tertiary alicyclic amines) is 1. The maximum atomic E-state index is 12.8. The third-order valence-corrected chi connectivity index (χ3v) is 4.54. The van der Waals surface area contributed by atoms with Gasteiger partial charge in [0.1, 0.15) is 0 Å². The highest BCUT2D eigenvalue weighted by atomic mass is 16.5. The van der Waals surface area contributed by atoms with E-state index < -0.39 is 6.10 Å². The topological polar surface area (TPSA) is 79.5 Å². The van der Waals surface area contributed by atoms with Crippen LogP contribution < -0.4 is 0 Å². The Hall–Kier alpha value is -2.21. The normalized spacial score (nSPS) is 19.8. The quantitative estimate of drug-likeness (QED) is 0.933. The Morgan fingerprint density at radius 1 is 1.33 bits per heavy atom. The smallest absolute Gasteiger partial charge is 0.295 e. The summed E-state index contributed by atoms with van der Waals surface area (Å²) in [6.07, 6.45) is 3.92. The highest BCUT2D eigenvalue weighted by Crippen LogP contribution is 2.27. The van der Waals surface area contributed by atoms with Crippen LogP contribution in [0.5, 0.6) is 0 Å². The number of aliphatic hydroxyl groups excluding tert-OH is 1. The molecule has 1 amide bonds. The molecule has 3 rings (SSSR count). The molecule has 0 aliphatic carbocycles. The van der Waals surface area contributed by atoms with Crippen LogP contribution in [0.3, 0.4) is 0 Å². The molecule has 1 fully saturated rings. The van der Waals surface area contributed by atoms with Gasteiger partial charge < -0.3 is 14.5 Å². The Kier molecular flexibility index (Phi) is 5.25. The number of amides is 1. The van der Waals surface area contributed by atoms with Crippen molar-refractivity contribution in [3.63, 3.8) is 0 Å². The zero-order valence-electron chi connectivity index (χ0n) is 13.9. The van der Waals surface area contributed by atoms with Crippen molar-refractivity contribution in [1.29, 1.82) is 0 Å². The first-order chi connectivity index (χ1) is 11.6. The summed E-state index contributed by atoms with van der Waals surface area (Å²) in [5.74, 6) is 0.279. The standard InChI is InChI=1S/C18H23N3O3/c1-13-19-17(20-24-13)18(23)21-11-7-3-6-10-15(21)12-16(22)14-8-4-2-5-9-14/h2,4-5,8-9,15-16,22H,3,6-7,10-12H2,1H3. The SMILES string of the molecule is Cc1nc(C(=O)N2CCCCCC2CC(O)c2ccccc2)no1. The van der Waals surface area contributed by atoms with Crippen LogP contribution in [0.1, 0.15) is 60.3 Å². The average Bonchev–Trinajstić information content (AvgIpc) is 2.90. The Morgan fingerprint density at radius 3 is 2.83 bits per heavy atom. The fourth-order valence-electron chi connectivity index (χ4n) is 3.27. The van der Waals surface area contributed by atoms with Crippen molar-refractivity contribution in [3.05, 3.63) is 47.6 Å². The van der Waals surface area contributed by atoms with Gasteiger partial charge in [0.2, 0.25) is 5.89 Å². The zero-order chi connectivity index (χ0) is 16.9. The number of aryl methyl sites for hydroxylation is 1. The molecule has 2 aromatic rings. The lowest BCUT2D eigenvalue weighted by molar-refractivity contribution is 0.0573. The minimum absolute atomic E-state index is 0.0194. The number of aliphatic hydroxyl groups is 1. The van der Waals surface area contributed by atoms with Crippen LogP contribution in [0.2, 0.25) is 0 Å². The average molecular weight is 329 g/mol. The number of carbonyl (C=O) groups is 1. The second-order valence-electron chi connectivity index (χ2n) is 6.30. The van der Waals surface area contributed by atoms with Crippen LogP contribution in [-0.2, 0) is 0 Å². The van der Waals surface area contributed by atoms with Crippen molar-refractivity contribution in [1.82, 2.24) is 15.0 Å². The first-order valence-corrected chi connectivity index (χ1v) is 8.49. The molecule has 2 atom stereocenters. The van der Waals surface area contributed by atoms with E-state index >= 15 is 0 Å². The lowest BCUT2D eigenvalue weighted by Crippen LogP contribution is -2.41. The summed E-state index contributed by atoms with van der Waals surface area (Å²) in [7, 11) is 0. The summed E-state index contributed by atoms with van der Waals surface area (Å²) in [5, 5.41) is 14.3. The third-order valence-electron chi connectivity index (χ3n) is 4.54. The maximum Gasteiger partial charge on any atom is 0.295 e. The summed E-state index contributed by atoms with van der Waals surface area (Å²) in [6.45, 7) is 2.33. The summed E-state index contributed by atoms with van der Waals surface area (Å²) in [5.41, 5.74) is 0.879. The molecular weight excluding hydrogens is 306 g/mol. The van der Waals surface area contributed by atoms with E-state index in [0.717, 1.165) is 31.2 Å². The molecule has 6 heteroatoms. The van der Waals surface area contributed by atoms with Crippen molar-refractivity contribution < 1.29 is 14.4 Å². The molecule has 0 saturated carbocycles. The number of aromatic nitrogens is 2. The molecule has 6 nitrogen and oxygen atoms in total. The number of carbonyl (C=O) groups excluding carboxylic acids is 1. The molecular formula is C18H23N3O3. The monoisotopic (exact) mass is 329 g/mol. The number of rotatable bonds is 4. The summed E-state index contributed by atoms with van der Waals surface area (Å²) < 4.78 is 4.94. The van der Waals surface area contributed by atoms with E-state index in [4.69, 9.17) is 4.52 Å². The van der Waals surface area contributed by atoms with Crippen LogP contribution in [0.25, 0.3) is 0 Å². The molecule has 1 aromatic carbocycles. The summed E-state index contributed by atoms with van der Waals surface area (Å²) >= 11 is 0. The summed E-state index contributed by atoms with van der Waals surface area (Å²) in [4.78, 5) is 18.6. The van der Waals surface area contributed by atoms with Gasteiger partial charge in [0, 0.05) is 19.5 Å². The minimum Gasteiger partial charge on any atom is -0.388 e. The molecule has 1 N–H and O–H groups in total. The van der Waals surface area contributed by atoms with Gasteiger partial charge in [0.25, 0.3) is 11.7 Å². The molecule has 1 aromatic heterocycles. The van der Waals surface area contributed by atoms with Crippen molar-refractivity contribution in [2.24, 2.45) is 0 Å². The predicted octanol–water partition coefficient (Wildman–Crippen LogP) is 2.89. The lowest BCUT2D eigenvalue weighted by atomic mass is 9.98. The molecule has 0 spiro atoms. The molecule has 24 heavy (non-hydrogen) atoms. The van der Waals surface area contributed by atoms with Crippen LogP contribution in [0.4, 0.5) is 0 Å². The van der Waals surface area contributed by atoms with Crippen LogP contribution in [0, 0.1) is 6.92 Å². The van der Waals surface area contributed by atoms with E-state index in [0.29, 0.717) is 18.9 Å². The first kappa shape index (κ1) is 16.6. The van der Waals surface area contributed by atoms with Gasteiger partial charge in [-0.15, -0.1) is 0 Å². The van der Waals surface area contributed by atoms with Crippen molar-refractivity contribution in [2.45, 2.75) is 51.2 Å². The van der Waals surface area contributed by atoms with Gasteiger partial charge in [-0.05, 0) is 24.8 Å². The zero-order valence-corrected chi connectivity index (χ0v) is 13.9. The molecule has 1 aliphatic rings. The maximum absolute atomic E-state index is 12.8. The second kappa shape index (κ2) is 7.57. The fraction of sp³-hybridized carbons (Fsp3) is 0.500. The number of hydrogen-bond donors (Lipinski definition) is 1. The van der Waals surface area contributed by atoms with Crippen molar-refractivity contribution >= 4 is 5.91 Å². The van der Waals surface area contributed by atoms with Crippen LogP contribution in [0.15, 0.2) is 34.9 Å². The van der Waals surface area contributed by atoms with Gasteiger partial charge in [0.05, 0.1) is 6.10 Å². The molecule has 2 unspecified atom stereocenters. The largest absolute Gasteiger partial charge is 0.388 e. The van der Waals surface area contributed by atoms with Gasteiger partial charge in [-0.25, -0.2) is 0 Å². The molecule has 1 aliphatic heterocycles.